The number of carbonyl (C=O) groups is 2. The molecule has 1 aliphatic heterocycles. The third-order valence-electron chi connectivity index (χ3n) is 5.35. The molecule has 0 aliphatic carbocycles. The number of anilines is 1. The summed E-state index contributed by atoms with van der Waals surface area (Å²) < 4.78 is 19.7. The Bertz CT molecular complexity index is 1180. The van der Waals surface area contributed by atoms with Crippen LogP contribution in [0.2, 0.25) is 5.02 Å². The summed E-state index contributed by atoms with van der Waals surface area (Å²) in [6, 6.07) is 16.2. The summed E-state index contributed by atoms with van der Waals surface area (Å²) in [5, 5.41) is 0.475. The average molecular weight is 439 g/mol. The van der Waals surface area contributed by atoms with Gasteiger partial charge >= 0.3 is 0 Å². The van der Waals surface area contributed by atoms with Crippen molar-refractivity contribution in [3.8, 4) is 11.5 Å². The van der Waals surface area contributed by atoms with Crippen molar-refractivity contribution in [2.45, 2.75) is 19.3 Å². The normalized spacial score (nSPS) is 15.9. The van der Waals surface area contributed by atoms with Crippen LogP contribution < -0.4 is 15.4 Å². The lowest BCUT2D eigenvalue weighted by Gasteiger charge is -2.19. The maximum atomic E-state index is 13.7. The summed E-state index contributed by atoms with van der Waals surface area (Å²) >= 11 is 6.19. The van der Waals surface area contributed by atoms with Crippen molar-refractivity contribution in [2.75, 3.05) is 11.4 Å². The second-order valence-electron chi connectivity index (χ2n) is 7.51. The van der Waals surface area contributed by atoms with Crippen molar-refractivity contribution in [2.24, 2.45) is 5.73 Å². The number of ether oxygens (including phenoxy) is 1. The van der Waals surface area contributed by atoms with Crippen LogP contribution in [0.1, 0.15) is 33.8 Å². The zero-order chi connectivity index (χ0) is 22.1. The fraction of sp³-hybridized carbons (Fsp3) is 0.167. The minimum atomic E-state index is -0.552. The number of hydrogen-bond acceptors (Lipinski definition) is 3. The Morgan fingerprint density at radius 1 is 1.13 bits per heavy atom. The van der Waals surface area contributed by atoms with Gasteiger partial charge in [-0.05, 0) is 48.9 Å². The SMILES string of the molecule is Cc1ccc(F)cc1Oc1cc(Cl)ccc1C1CC(=O)N(c2cccc(C(N)=O)c2)C1. The molecule has 3 aromatic rings. The Morgan fingerprint density at radius 3 is 2.71 bits per heavy atom. The van der Waals surface area contributed by atoms with Crippen molar-refractivity contribution < 1.29 is 18.7 Å². The first-order chi connectivity index (χ1) is 14.8. The number of benzene rings is 3. The van der Waals surface area contributed by atoms with E-state index in [-0.39, 0.29) is 18.2 Å². The molecule has 158 valence electrons. The maximum Gasteiger partial charge on any atom is 0.248 e. The van der Waals surface area contributed by atoms with Gasteiger partial charge in [0.2, 0.25) is 11.8 Å². The van der Waals surface area contributed by atoms with E-state index in [1.165, 1.54) is 12.1 Å². The molecular weight excluding hydrogens is 419 g/mol. The van der Waals surface area contributed by atoms with E-state index >= 15 is 0 Å². The highest BCUT2D eigenvalue weighted by molar-refractivity contribution is 6.30. The first kappa shape index (κ1) is 20.9. The zero-order valence-corrected chi connectivity index (χ0v) is 17.5. The van der Waals surface area contributed by atoms with Gasteiger partial charge in [0.15, 0.2) is 0 Å². The number of nitrogens with two attached hydrogens (primary N) is 1. The molecule has 1 saturated heterocycles. The molecule has 2 N–H and O–H groups in total. The molecule has 1 unspecified atom stereocenters. The highest BCUT2D eigenvalue weighted by Gasteiger charge is 2.33. The zero-order valence-electron chi connectivity index (χ0n) is 16.8. The summed E-state index contributed by atoms with van der Waals surface area (Å²) in [5.74, 6) is -0.324. The van der Waals surface area contributed by atoms with Crippen LogP contribution in [0.15, 0.2) is 60.7 Å². The van der Waals surface area contributed by atoms with Crippen LogP contribution in [0.3, 0.4) is 0 Å². The molecule has 7 heteroatoms. The van der Waals surface area contributed by atoms with Crippen LogP contribution in [0.4, 0.5) is 10.1 Å². The van der Waals surface area contributed by atoms with Crippen molar-refractivity contribution in [1.29, 1.82) is 0 Å². The summed E-state index contributed by atoms with van der Waals surface area (Å²) in [6.07, 6.45) is 0.265. The second kappa shape index (κ2) is 8.40. The minimum Gasteiger partial charge on any atom is -0.457 e. The Kier molecular flexibility index (Phi) is 5.65. The van der Waals surface area contributed by atoms with Crippen molar-refractivity contribution in [1.82, 2.24) is 0 Å². The summed E-state index contributed by atoms with van der Waals surface area (Å²) in [7, 11) is 0. The number of hydrogen-bond donors (Lipinski definition) is 1. The quantitative estimate of drug-likeness (QED) is 0.595. The molecule has 0 spiro atoms. The molecule has 0 bridgehead atoms. The Hall–Kier alpha value is -3.38. The van der Waals surface area contributed by atoms with Crippen LogP contribution in [0.25, 0.3) is 0 Å². The van der Waals surface area contributed by atoms with E-state index < -0.39 is 11.7 Å². The van der Waals surface area contributed by atoms with Crippen LogP contribution in [-0.4, -0.2) is 18.4 Å². The molecule has 1 fully saturated rings. The summed E-state index contributed by atoms with van der Waals surface area (Å²) in [5.41, 5.74) is 7.90. The van der Waals surface area contributed by atoms with Crippen LogP contribution in [0, 0.1) is 12.7 Å². The third-order valence-corrected chi connectivity index (χ3v) is 5.59. The molecule has 1 aliphatic rings. The van der Waals surface area contributed by atoms with E-state index in [1.54, 1.807) is 47.4 Å². The number of halogens is 2. The Morgan fingerprint density at radius 2 is 1.94 bits per heavy atom. The topological polar surface area (TPSA) is 72.6 Å². The number of nitrogens with zero attached hydrogens (tertiary/aromatic N) is 1. The summed E-state index contributed by atoms with van der Waals surface area (Å²) in [4.78, 5) is 25.9. The number of carbonyl (C=O) groups excluding carboxylic acids is 2. The molecule has 1 heterocycles. The van der Waals surface area contributed by atoms with Gasteiger partial charge < -0.3 is 15.4 Å². The fourth-order valence-corrected chi connectivity index (χ4v) is 3.89. The van der Waals surface area contributed by atoms with Gasteiger partial charge in [0.25, 0.3) is 0 Å². The van der Waals surface area contributed by atoms with Crippen LogP contribution in [-0.2, 0) is 4.79 Å². The smallest absolute Gasteiger partial charge is 0.248 e. The van der Waals surface area contributed by atoms with Crippen molar-refractivity contribution in [3.63, 3.8) is 0 Å². The van der Waals surface area contributed by atoms with Gasteiger partial charge in [-0.25, -0.2) is 4.39 Å². The van der Waals surface area contributed by atoms with Crippen LogP contribution >= 0.6 is 11.6 Å². The molecule has 3 aromatic carbocycles. The molecule has 5 nitrogen and oxygen atoms in total. The molecule has 0 aromatic heterocycles. The highest BCUT2D eigenvalue weighted by Crippen LogP contribution is 2.40. The Balaban J connectivity index is 1.65. The molecule has 4 rings (SSSR count). The molecule has 2 amide bonds. The number of primary amides is 1. The van der Waals surface area contributed by atoms with Crippen molar-refractivity contribution in [3.05, 3.63) is 88.2 Å². The van der Waals surface area contributed by atoms with Gasteiger partial charge in [0.05, 0.1) is 0 Å². The molecule has 1 atom stereocenters. The van der Waals surface area contributed by atoms with E-state index in [1.807, 2.05) is 13.0 Å². The molecular formula is C24H20ClFN2O3. The molecule has 0 radical (unpaired) electrons. The molecule has 31 heavy (non-hydrogen) atoms. The van der Waals surface area contributed by atoms with E-state index in [4.69, 9.17) is 22.1 Å². The van der Waals surface area contributed by atoms with Gasteiger partial charge in [-0.15, -0.1) is 0 Å². The fourth-order valence-electron chi connectivity index (χ4n) is 3.73. The van der Waals surface area contributed by atoms with Crippen LogP contribution in [0.5, 0.6) is 11.5 Å². The Labute approximate surface area is 184 Å². The largest absolute Gasteiger partial charge is 0.457 e. The molecule has 0 saturated carbocycles. The standard InChI is InChI=1S/C24H20ClFN2O3/c1-14-5-7-18(26)12-21(14)31-22-11-17(25)6-8-20(22)16-10-23(29)28(13-16)19-4-2-3-15(9-19)24(27)30/h2-9,11-12,16H,10,13H2,1H3,(H2,27,30). The van der Waals surface area contributed by atoms with Gasteiger partial charge in [-0.1, -0.05) is 29.8 Å². The first-order valence-electron chi connectivity index (χ1n) is 9.75. The van der Waals surface area contributed by atoms with E-state index in [0.717, 1.165) is 11.1 Å². The van der Waals surface area contributed by atoms with Gasteiger partial charge in [-0.2, -0.15) is 0 Å². The lowest BCUT2D eigenvalue weighted by molar-refractivity contribution is -0.117. The lowest BCUT2D eigenvalue weighted by Crippen LogP contribution is -2.24. The third kappa shape index (κ3) is 4.39. The summed E-state index contributed by atoms with van der Waals surface area (Å²) in [6.45, 7) is 2.23. The van der Waals surface area contributed by atoms with Gasteiger partial charge in [0, 0.05) is 46.8 Å². The second-order valence-corrected chi connectivity index (χ2v) is 7.95. The van der Waals surface area contributed by atoms with E-state index in [9.17, 15) is 14.0 Å². The average Bonchev–Trinajstić information content (AvgIpc) is 3.12. The monoisotopic (exact) mass is 438 g/mol. The van der Waals surface area contributed by atoms with Crippen molar-refractivity contribution >= 4 is 29.1 Å². The van der Waals surface area contributed by atoms with Gasteiger partial charge in [-0.3, -0.25) is 9.59 Å². The number of rotatable bonds is 5. The maximum absolute atomic E-state index is 13.7. The minimum absolute atomic E-state index is 0.0746. The van der Waals surface area contributed by atoms with Gasteiger partial charge in [0.1, 0.15) is 17.3 Å². The highest BCUT2D eigenvalue weighted by atomic mass is 35.5. The van der Waals surface area contributed by atoms with E-state index in [0.29, 0.717) is 34.3 Å². The lowest BCUT2D eigenvalue weighted by atomic mass is 9.97. The number of amides is 2. The first-order valence-corrected chi connectivity index (χ1v) is 10.1. The van der Waals surface area contributed by atoms with E-state index in [2.05, 4.69) is 0 Å². The number of aryl methyl sites for hydroxylation is 1. The predicted molar refractivity (Wildman–Crippen MR) is 117 cm³/mol. The predicted octanol–water partition coefficient (Wildman–Crippen LogP) is 5.20.